The number of rotatable bonds is 7. The van der Waals surface area contributed by atoms with E-state index in [2.05, 4.69) is 20.8 Å². The zero-order valence-corrected chi connectivity index (χ0v) is 17.6. The number of nitrogens with one attached hydrogen (secondary N) is 1. The third kappa shape index (κ3) is 4.00. The number of hydrogen-bond donors (Lipinski definition) is 1. The molecule has 3 aromatic heterocycles. The number of carbonyl (C=O) groups excluding carboxylic acids is 1. The fourth-order valence-electron chi connectivity index (χ4n) is 3.11. The second-order valence-electron chi connectivity index (χ2n) is 6.76. The Bertz CT molecular complexity index is 1090. The lowest BCUT2D eigenvalue weighted by atomic mass is 10.2. The standard InChI is InChI=1S/C21H22N4OS2/c1-14-13-27-19(23-14)10-6-7-11-22-20(26)18-12-17-15(2)24-25(21(17)28-18)16-8-4-3-5-9-16/h3-5,8-9,12-13H,6-7,10-11H2,1-2H3,(H,22,26). The van der Waals surface area contributed by atoms with E-state index in [-0.39, 0.29) is 5.91 Å². The molecule has 0 aliphatic carbocycles. The second kappa shape index (κ2) is 8.24. The minimum absolute atomic E-state index is 0.00898. The van der Waals surface area contributed by atoms with Crippen molar-refractivity contribution in [1.29, 1.82) is 0 Å². The molecule has 1 N–H and O–H groups in total. The minimum Gasteiger partial charge on any atom is -0.351 e. The quantitative estimate of drug-likeness (QED) is 0.440. The van der Waals surface area contributed by atoms with Gasteiger partial charge in [0.25, 0.3) is 5.91 Å². The van der Waals surface area contributed by atoms with Gasteiger partial charge in [0.15, 0.2) is 0 Å². The first-order chi connectivity index (χ1) is 13.6. The molecule has 0 saturated carbocycles. The van der Waals surface area contributed by atoms with Gasteiger partial charge in [-0.25, -0.2) is 9.67 Å². The number of thiophene rings is 1. The Morgan fingerprint density at radius 3 is 2.75 bits per heavy atom. The van der Waals surface area contributed by atoms with Crippen molar-refractivity contribution in [2.45, 2.75) is 33.1 Å². The molecule has 4 aromatic rings. The number of benzene rings is 1. The van der Waals surface area contributed by atoms with Crippen molar-refractivity contribution in [3.8, 4) is 5.69 Å². The Morgan fingerprint density at radius 1 is 1.18 bits per heavy atom. The van der Waals surface area contributed by atoms with Crippen LogP contribution >= 0.6 is 22.7 Å². The maximum Gasteiger partial charge on any atom is 0.261 e. The number of nitrogens with zero attached hydrogens (tertiary/aromatic N) is 3. The Kier molecular flexibility index (Phi) is 5.54. The van der Waals surface area contributed by atoms with Crippen molar-refractivity contribution in [3.05, 3.63) is 63.1 Å². The van der Waals surface area contributed by atoms with Crippen LogP contribution in [-0.2, 0) is 6.42 Å². The largest absolute Gasteiger partial charge is 0.351 e. The average Bonchev–Trinajstić information content (AvgIpc) is 3.39. The molecule has 0 aliphatic heterocycles. The number of para-hydroxylation sites is 1. The van der Waals surface area contributed by atoms with Gasteiger partial charge in [-0.2, -0.15) is 5.10 Å². The van der Waals surface area contributed by atoms with Gasteiger partial charge in [-0.05, 0) is 51.3 Å². The van der Waals surface area contributed by atoms with E-state index in [9.17, 15) is 4.79 Å². The predicted molar refractivity (Wildman–Crippen MR) is 116 cm³/mol. The van der Waals surface area contributed by atoms with E-state index >= 15 is 0 Å². The molecular formula is C21H22N4OS2. The summed E-state index contributed by atoms with van der Waals surface area (Å²) in [4.78, 5) is 18.8. The normalized spacial score (nSPS) is 11.2. The molecule has 0 radical (unpaired) electrons. The van der Waals surface area contributed by atoms with E-state index in [1.807, 2.05) is 54.9 Å². The molecule has 28 heavy (non-hydrogen) atoms. The minimum atomic E-state index is -0.00898. The fourth-order valence-corrected chi connectivity index (χ4v) is 5.03. The average molecular weight is 411 g/mol. The topological polar surface area (TPSA) is 59.8 Å². The summed E-state index contributed by atoms with van der Waals surface area (Å²) in [5, 5.41) is 12.0. The monoisotopic (exact) mass is 410 g/mol. The maximum absolute atomic E-state index is 12.6. The highest BCUT2D eigenvalue weighted by Gasteiger charge is 2.16. The van der Waals surface area contributed by atoms with E-state index in [1.54, 1.807) is 11.3 Å². The van der Waals surface area contributed by atoms with Crippen molar-refractivity contribution in [3.63, 3.8) is 0 Å². The van der Waals surface area contributed by atoms with Crippen LogP contribution in [0.3, 0.4) is 0 Å². The van der Waals surface area contributed by atoms with E-state index in [0.717, 1.165) is 51.4 Å². The highest BCUT2D eigenvalue weighted by Crippen LogP contribution is 2.30. The number of aryl methyl sites for hydroxylation is 3. The highest BCUT2D eigenvalue weighted by molar-refractivity contribution is 7.20. The van der Waals surface area contributed by atoms with Crippen LogP contribution in [0.25, 0.3) is 15.9 Å². The summed E-state index contributed by atoms with van der Waals surface area (Å²) >= 11 is 3.20. The zero-order chi connectivity index (χ0) is 19.5. The molecule has 1 aromatic carbocycles. The fraction of sp³-hybridized carbons (Fsp3) is 0.286. The molecular weight excluding hydrogens is 388 g/mol. The zero-order valence-electron chi connectivity index (χ0n) is 15.9. The second-order valence-corrected chi connectivity index (χ2v) is 8.73. The van der Waals surface area contributed by atoms with E-state index in [0.29, 0.717) is 6.54 Å². The van der Waals surface area contributed by atoms with Gasteiger partial charge < -0.3 is 5.32 Å². The third-order valence-electron chi connectivity index (χ3n) is 4.54. The van der Waals surface area contributed by atoms with Crippen LogP contribution in [0, 0.1) is 13.8 Å². The van der Waals surface area contributed by atoms with Crippen LogP contribution in [0.5, 0.6) is 0 Å². The lowest BCUT2D eigenvalue weighted by Crippen LogP contribution is -2.23. The molecule has 0 fully saturated rings. The Labute approximate surface area is 172 Å². The SMILES string of the molecule is Cc1csc(CCCCNC(=O)c2cc3c(C)nn(-c4ccccc4)c3s2)n1. The number of thiazole rings is 1. The van der Waals surface area contributed by atoms with Gasteiger partial charge in [0.05, 0.1) is 21.3 Å². The van der Waals surface area contributed by atoms with Gasteiger partial charge in [-0.15, -0.1) is 22.7 Å². The number of carbonyl (C=O) groups is 1. The summed E-state index contributed by atoms with van der Waals surface area (Å²) in [6, 6.07) is 12.0. The molecule has 0 spiro atoms. The maximum atomic E-state index is 12.6. The summed E-state index contributed by atoms with van der Waals surface area (Å²) < 4.78 is 1.92. The molecule has 0 bridgehead atoms. The van der Waals surface area contributed by atoms with Gasteiger partial charge in [-0.1, -0.05) is 18.2 Å². The first-order valence-electron chi connectivity index (χ1n) is 9.35. The molecule has 0 saturated heterocycles. The van der Waals surface area contributed by atoms with Crippen LogP contribution in [-0.4, -0.2) is 27.2 Å². The Hall–Kier alpha value is -2.51. The van der Waals surface area contributed by atoms with Gasteiger partial charge in [0.2, 0.25) is 0 Å². The number of hydrogen-bond acceptors (Lipinski definition) is 5. The van der Waals surface area contributed by atoms with Crippen LogP contribution in [0.2, 0.25) is 0 Å². The van der Waals surface area contributed by atoms with Crippen molar-refractivity contribution >= 4 is 38.8 Å². The number of aromatic nitrogens is 3. The number of fused-ring (bicyclic) bond motifs is 1. The van der Waals surface area contributed by atoms with E-state index < -0.39 is 0 Å². The molecule has 5 nitrogen and oxygen atoms in total. The van der Waals surface area contributed by atoms with Gasteiger partial charge in [-0.3, -0.25) is 4.79 Å². The third-order valence-corrected chi connectivity index (χ3v) is 6.67. The summed E-state index contributed by atoms with van der Waals surface area (Å²) in [5.74, 6) is -0.00898. The molecule has 0 aliphatic rings. The Balaban J connectivity index is 1.38. The molecule has 7 heteroatoms. The first-order valence-corrected chi connectivity index (χ1v) is 11.1. The van der Waals surface area contributed by atoms with E-state index in [4.69, 9.17) is 0 Å². The summed E-state index contributed by atoms with van der Waals surface area (Å²) in [6.07, 6.45) is 2.96. The van der Waals surface area contributed by atoms with Gasteiger partial charge >= 0.3 is 0 Å². The highest BCUT2D eigenvalue weighted by atomic mass is 32.1. The first kappa shape index (κ1) is 18.8. The van der Waals surface area contributed by atoms with Crippen molar-refractivity contribution in [2.75, 3.05) is 6.54 Å². The van der Waals surface area contributed by atoms with Crippen molar-refractivity contribution in [2.24, 2.45) is 0 Å². The van der Waals surface area contributed by atoms with Crippen LogP contribution in [0.4, 0.5) is 0 Å². The van der Waals surface area contributed by atoms with Crippen LogP contribution in [0.15, 0.2) is 41.8 Å². The molecule has 0 atom stereocenters. The van der Waals surface area contributed by atoms with Crippen LogP contribution < -0.4 is 5.32 Å². The van der Waals surface area contributed by atoms with Gasteiger partial charge in [0, 0.05) is 23.0 Å². The van der Waals surface area contributed by atoms with Crippen LogP contribution in [0.1, 0.15) is 38.9 Å². The molecule has 0 unspecified atom stereocenters. The van der Waals surface area contributed by atoms with Crippen molar-refractivity contribution in [1.82, 2.24) is 20.1 Å². The van der Waals surface area contributed by atoms with Gasteiger partial charge in [0.1, 0.15) is 4.83 Å². The molecule has 144 valence electrons. The smallest absolute Gasteiger partial charge is 0.261 e. The summed E-state index contributed by atoms with van der Waals surface area (Å²) in [6.45, 7) is 4.68. The number of amides is 1. The summed E-state index contributed by atoms with van der Waals surface area (Å²) in [7, 11) is 0. The lowest BCUT2D eigenvalue weighted by molar-refractivity contribution is 0.0957. The molecule has 3 heterocycles. The van der Waals surface area contributed by atoms with E-state index in [1.165, 1.54) is 16.3 Å². The lowest BCUT2D eigenvalue weighted by Gasteiger charge is -2.03. The summed E-state index contributed by atoms with van der Waals surface area (Å²) in [5.41, 5.74) is 3.03. The number of unbranched alkanes of at least 4 members (excludes halogenated alkanes) is 1. The Morgan fingerprint density at radius 2 is 2.00 bits per heavy atom. The molecule has 4 rings (SSSR count). The predicted octanol–water partition coefficient (Wildman–Crippen LogP) is 4.91. The molecule has 1 amide bonds. The van der Waals surface area contributed by atoms with Crippen molar-refractivity contribution < 1.29 is 4.79 Å².